The summed E-state index contributed by atoms with van der Waals surface area (Å²) in [5, 5.41) is 13.0. The van der Waals surface area contributed by atoms with Gasteiger partial charge in [0, 0.05) is 11.6 Å². The van der Waals surface area contributed by atoms with Crippen LogP contribution in [0.3, 0.4) is 0 Å². The van der Waals surface area contributed by atoms with Gasteiger partial charge < -0.3 is 5.32 Å². The van der Waals surface area contributed by atoms with E-state index in [2.05, 4.69) is 11.2 Å². The molecule has 5 nitrogen and oxygen atoms in total. The van der Waals surface area contributed by atoms with Crippen molar-refractivity contribution in [2.45, 2.75) is 19.4 Å². The fourth-order valence-electron chi connectivity index (χ4n) is 1.20. The van der Waals surface area contributed by atoms with Gasteiger partial charge in [-0.3, -0.25) is 14.9 Å². The van der Waals surface area contributed by atoms with Gasteiger partial charge in [-0.2, -0.15) is 0 Å². The first-order valence-corrected chi connectivity index (χ1v) is 5.00. The molecule has 18 heavy (non-hydrogen) atoms. The highest BCUT2D eigenvalue weighted by Crippen LogP contribution is 2.16. The molecule has 0 atom stereocenters. The van der Waals surface area contributed by atoms with Crippen LogP contribution in [-0.4, -0.2) is 16.4 Å². The average molecular weight is 250 g/mol. The summed E-state index contributed by atoms with van der Waals surface area (Å²) in [6, 6.07) is 2.64. The van der Waals surface area contributed by atoms with Crippen molar-refractivity contribution < 1.29 is 14.1 Å². The van der Waals surface area contributed by atoms with Crippen LogP contribution in [-0.2, 0) is 0 Å². The number of nitro benzene ring substituents is 1. The number of amides is 1. The van der Waals surface area contributed by atoms with Crippen LogP contribution in [0.1, 0.15) is 24.2 Å². The largest absolute Gasteiger partial charge is 0.336 e. The SMILES string of the molecule is C#CC(C)(C)NC(=O)c1cc(F)cc([N+](=O)[O-])c1. The lowest BCUT2D eigenvalue weighted by Crippen LogP contribution is -2.42. The minimum absolute atomic E-state index is 0.148. The van der Waals surface area contributed by atoms with Gasteiger partial charge in [-0.15, -0.1) is 6.42 Å². The molecule has 0 fully saturated rings. The molecule has 0 aromatic heterocycles. The summed E-state index contributed by atoms with van der Waals surface area (Å²) in [4.78, 5) is 21.5. The van der Waals surface area contributed by atoms with E-state index >= 15 is 0 Å². The Morgan fingerprint density at radius 2 is 2.11 bits per heavy atom. The third kappa shape index (κ3) is 3.28. The predicted octanol–water partition coefficient (Wildman–Crippen LogP) is 1.88. The summed E-state index contributed by atoms with van der Waals surface area (Å²) in [6.45, 7) is 3.16. The topological polar surface area (TPSA) is 72.2 Å². The summed E-state index contributed by atoms with van der Waals surface area (Å²) >= 11 is 0. The zero-order valence-corrected chi connectivity index (χ0v) is 9.86. The number of hydrogen-bond acceptors (Lipinski definition) is 3. The van der Waals surface area contributed by atoms with Crippen molar-refractivity contribution >= 4 is 11.6 Å². The number of rotatable bonds is 3. The third-order valence-corrected chi connectivity index (χ3v) is 2.14. The maximum absolute atomic E-state index is 13.1. The number of non-ortho nitro benzene ring substituents is 1. The lowest BCUT2D eigenvalue weighted by atomic mass is 10.1. The first-order valence-electron chi connectivity index (χ1n) is 5.00. The van der Waals surface area contributed by atoms with Crippen LogP contribution < -0.4 is 5.32 Å². The number of halogens is 1. The second kappa shape index (κ2) is 4.84. The Bertz CT molecular complexity index is 547. The predicted molar refractivity (Wildman–Crippen MR) is 63.4 cm³/mol. The maximum atomic E-state index is 13.1. The Morgan fingerprint density at radius 1 is 1.50 bits per heavy atom. The van der Waals surface area contributed by atoms with Crippen molar-refractivity contribution in [2.75, 3.05) is 0 Å². The van der Waals surface area contributed by atoms with Crippen LogP contribution in [0.4, 0.5) is 10.1 Å². The van der Waals surface area contributed by atoms with E-state index in [4.69, 9.17) is 6.42 Å². The third-order valence-electron chi connectivity index (χ3n) is 2.14. The van der Waals surface area contributed by atoms with E-state index in [-0.39, 0.29) is 5.56 Å². The molecule has 1 amide bonds. The van der Waals surface area contributed by atoms with Gasteiger partial charge in [-0.05, 0) is 19.9 Å². The number of nitrogens with zero attached hydrogens (tertiary/aromatic N) is 1. The molecule has 0 aliphatic heterocycles. The number of carbonyl (C=O) groups excluding carboxylic acids is 1. The summed E-state index contributed by atoms with van der Waals surface area (Å²) in [5.41, 5.74) is -1.55. The van der Waals surface area contributed by atoms with Gasteiger partial charge in [0.05, 0.1) is 16.5 Å². The van der Waals surface area contributed by atoms with E-state index in [1.54, 1.807) is 13.8 Å². The van der Waals surface area contributed by atoms with Crippen LogP contribution in [0.15, 0.2) is 18.2 Å². The zero-order valence-electron chi connectivity index (χ0n) is 9.86. The molecule has 1 aromatic rings. The molecule has 0 heterocycles. The van der Waals surface area contributed by atoms with Crippen LogP contribution in [0.5, 0.6) is 0 Å². The Morgan fingerprint density at radius 3 is 2.61 bits per heavy atom. The van der Waals surface area contributed by atoms with Crippen molar-refractivity contribution in [3.63, 3.8) is 0 Å². The number of nitro groups is 1. The minimum atomic E-state index is -0.918. The van der Waals surface area contributed by atoms with E-state index in [1.807, 2.05) is 0 Å². The molecule has 0 spiro atoms. The van der Waals surface area contributed by atoms with Gasteiger partial charge in [0.1, 0.15) is 5.82 Å². The lowest BCUT2D eigenvalue weighted by molar-refractivity contribution is -0.385. The van der Waals surface area contributed by atoms with Gasteiger partial charge in [0.15, 0.2) is 0 Å². The molecule has 0 bridgehead atoms. The molecule has 6 heteroatoms. The Balaban J connectivity index is 3.08. The number of nitrogens with one attached hydrogen (secondary N) is 1. The standard InChI is InChI=1S/C12H11FN2O3/c1-4-12(2,3)14-11(16)8-5-9(13)7-10(6-8)15(17)18/h1,5-7H,2-3H3,(H,14,16). The quantitative estimate of drug-likeness (QED) is 0.505. The summed E-state index contributed by atoms with van der Waals surface area (Å²) in [5.74, 6) is 0.814. The molecule has 1 N–H and O–H groups in total. The van der Waals surface area contributed by atoms with Gasteiger partial charge in [-0.1, -0.05) is 5.92 Å². The number of carbonyl (C=O) groups is 1. The smallest absolute Gasteiger partial charge is 0.273 e. The number of hydrogen-bond donors (Lipinski definition) is 1. The molecule has 0 saturated heterocycles. The number of terminal acetylenes is 1. The van der Waals surface area contributed by atoms with Crippen molar-refractivity contribution in [3.8, 4) is 12.3 Å². The Labute approximate surface area is 103 Å². The molecular weight excluding hydrogens is 239 g/mol. The Hall–Kier alpha value is -2.42. The molecule has 0 unspecified atom stereocenters. The average Bonchev–Trinajstić information content (AvgIpc) is 2.27. The molecule has 0 saturated carbocycles. The molecule has 0 aliphatic rings. The van der Waals surface area contributed by atoms with E-state index in [0.717, 1.165) is 18.2 Å². The second-order valence-electron chi connectivity index (χ2n) is 4.18. The molecule has 94 valence electrons. The van der Waals surface area contributed by atoms with Crippen LogP contribution in [0.25, 0.3) is 0 Å². The van der Waals surface area contributed by atoms with Gasteiger partial charge in [0.2, 0.25) is 0 Å². The highest BCUT2D eigenvalue weighted by molar-refractivity contribution is 5.95. The normalized spacial score (nSPS) is 10.6. The highest BCUT2D eigenvalue weighted by atomic mass is 19.1. The first kappa shape index (κ1) is 13.6. The second-order valence-corrected chi connectivity index (χ2v) is 4.18. The van der Waals surface area contributed by atoms with Gasteiger partial charge >= 0.3 is 0 Å². The van der Waals surface area contributed by atoms with E-state index in [1.165, 1.54) is 0 Å². The fourth-order valence-corrected chi connectivity index (χ4v) is 1.20. The summed E-state index contributed by atoms with van der Waals surface area (Å²) in [7, 11) is 0. The van der Waals surface area contributed by atoms with Crippen molar-refractivity contribution in [1.29, 1.82) is 0 Å². The molecule has 1 rings (SSSR count). The van der Waals surface area contributed by atoms with E-state index in [0.29, 0.717) is 0 Å². The van der Waals surface area contributed by atoms with Crippen molar-refractivity contribution in [3.05, 3.63) is 39.7 Å². The Kier molecular flexibility index (Phi) is 3.67. The van der Waals surface area contributed by atoms with Crippen molar-refractivity contribution in [2.24, 2.45) is 0 Å². The fraction of sp³-hybridized carbons (Fsp3) is 0.250. The number of benzene rings is 1. The van der Waals surface area contributed by atoms with Crippen LogP contribution in [0.2, 0.25) is 0 Å². The summed E-state index contributed by atoms with van der Waals surface area (Å²) < 4.78 is 13.1. The van der Waals surface area contributed by atoms with Gasteiger partial charge in [-0.25, -0.2) is 4.39 Å². The molecular formula is C12H11FN2O3. The zero-order chi connectivity index (χ0) is 13.9. The maximum Gasteiger partial charge on any atom is 0.273 e. The highest BCUT2D eigenvalue weighted by Gasteiger charge is 2.20. The van der Waals surface area contributed by atoms with Crippen LogP contribution >= 0.6 is 0 Å². The van der Waals surface area contributed by atoms with Gasteiger partial charge in [0.25, 0.3) is 11.6 Å². The first-order chi connectivity index (χ1) is 8.25. The van der Waals surface area contributed by atoms with Crippen molar-refractivity contribution in [1.82, 2.24) is 5.32 Å². The van der Waals surface area contributed by atoms with E-state index < -0.39 is 27.9 Å². The van der Waals surface area contributed by atoms with Crippen LogP contribution in [0, 0.1) is 28.3 Å². The minimum Gasteiger partial charge on any atom is -0.336 e. The molecule has 0 aliphatic carbocycles. The monoisotopic (exact) mass is 250 g/mol. The summed E-state index contributed by atoms with van der Waals surface area (Å²) in [6.07, 6.45) is 5.19. The molecule has 1 aromatic carbocycles. The lowest BCUT2D eigenvalue weighted by Gasteiger charge is -2.19. The van der Waals surface area contributed by atoms with E-state index in [9.17, 15) is 19.3 Å². The molecule has 0 radical (unpaired) electrons.